The first-order chi connectivity index (χ1) is 18.7. The molecule has 4 rings (SSSR count). The highest BCUT2D eigenvalue weighted by Gasteiger charge is 2.49. The summed E-state index contributed by atoms with van der Waals surface area (Å²) in [5, 5.41) is 0. The number of ether oxygens (including phenoxy) is 2. The Morgan fingerprint density at radius 3 is 2.03 bits per heavy atom. The van der Waals surface area contributed by atoms with E-state index in [1.165, 1.54) is 5.56 Å². The summed E-state index contributed by atoms with van der Waals surface area (Å²) in [7, 11) is -3.30. The number of benzene rings is 3. The predicted octanol–water partition coefficient (Wildman–Crippen LogP) is 7.73. The van der Waals surface area contributed by atoms with Crippen LogP contribution >= 0.6 is 0 Å². The molecule has 1 fully saturated rings. The average molecular weight is 535 g/mol. The van der Waals surface area contributed by atoms with E-state index in [1.807, 2.05) is 72.8 Å². The fourth-order valence-electron chi connectivity index (χ4n) is 4.64. The highest BCUT2D eigenvalue weighted by molar-refractivity contribution is 6.63. The van der Waals surface area contributed by atoms with E-state index in [0.29, 0.717) is 24.7 Å². The van der Waals surface area contributed by atoms with Gasteiger partial charge >= 0.3 is 8.80 Å². The molecule has 5 nitrogen and oxygen atoms in total. The second-order valence-corrected chi connectivity index (χ2v) is 12.3. The van der Waals surface area contributed by atoms with Crippen LogP contribution < -0.4 is 13.3 Å². The Balaban J connectivity index is 1.54. The van der Waals surface area contributed by atoms with Crippen LogP contribution in [0.4, 0.5) is 0 Å². The van der Waals surface area contributed by atoms with Gasteiger partial charge in [0.1, 0.15) is 17.2 Å². The molecule has 3 aromatic carbocycles. The lowest BCUT2D eigenvalue weighted by atomic mass is 9.95. The van der Waals surface area contributed by atoms with Gasteiger partial charge in [0.15, 0.2) is 0 Å². The molecular weight excluding hydrogens is 492 g/mol. The zero-order valence-electron chi connectivity index (χ0n) is 22.8. The van der Waals surface area contributed by atoms with Gasteiger partial charge in [0.25, 0.3) is 0 Å². The van der Waals surface area contributed by atoms with Crippen LogP contribution in [-0.4, -0.2) is 34.7 Å². The fraction of sp³-hybridized carbons (Fsp3) is 0.438. The van der Waals surface area contributed by atoms with E-state index in [4.69, 9.17) is 22.8 Å². The molecule has 0 spiro atoms. The Morgan fingerprint density at radius 1 is 0.816 bits per heavy atom. The van der Waals surface area contributed by atoms with Crippen molar-refractivity contribution in [2.45, 2.75) is 64.5 Å². The maximum absolute atomic E-state index is 6.87. The van der Waals surface area contributed by atoms with Crippen molar-refractivity contribution in [1.82, 2.24) is 0 Å². The van der Waals surface area contributed by atoms with Crippen LogP contribution in [0.3, 0.4) is 0 Å². The van der Waals surface area contributed by atoms with E-state index in [-0.39, 0.29) is 0 Å². The molecule has 1 saturated heterocycles. The molecule has 2 atom stereocenters. The quantitative estimate of drug-likeness (QED) is 0.131. The minimum Gasteiger partial charge on any atom is -0.483 e. The zero-order chi connectivity index (χ0) is 26.5. The van der Waals surface area contributed by atoms with Gasteiger partial charge in [0.2, 0.25) is 0 Å². The second-order valence-electron chi connectivity index (χ2n) is 9.87. The van der Waals surface area contributed by atoms with Crippen LogP contribution in [0.15, 0.2) is 84.9 Å². The smallest absolute Gasteiger partial charge is 0.483 e. The van der Waals surface area contributed by atoms with E-state index in [1.54, 1.807) is 0 Å². The maximum Gasteiger partial charge on any atom is 0.699 e. The van der Waals surface area contributed by atoms with Crippen molar-refractivity contribution in [3.05, 3.63) is 90.5 Å². The van der Waals surface area contributed by atoms with Gasteiger partial charge in [-0.2, -0.15) is 0 Å². The largest absolute Gasteiger partial charge is 0.699 e. The van der Waals surface area contributed by atoms with Gasteiger partial charge in [-0.05, 0) is 68.0 Å². The Labute approximate surface area is 229 Å². The fourth-order valence-corrected chi connectivity index (χ4v) is 7.17. The summed E-state index contributed by atoms with van der Waals surface area (Å²) < 4.78 is 32.1. The van der Waals surface area contributed by atoms with Crippen LogP contribution in [0.5, 0.6) is 17.2 Å². The molecule has 0 amide bonds. The van der Waals surface area contributed by atoms with E-state index in [2.05, 4.69) is 26.0 Å². The summed E-state index contributed by atoms with van der Waals surface area (Å²) in [4.78, 5) is 0. The molecule has 0 N–H and O–H groups in total. The van der Waals surface area contributed by atoms with Crippen molar-refractivity contribution in [2.24, 2.45) is 5.92 Å². The molecule has 0 bridgehead atoms. The lowest BCUT2D eigenvalue weighted by molar-refractivity contribution is -0.103. The Kier molecular flexibility index (Phi) is 11.1. The van der Waals surface area contributed by atoms with Crippen LogP contribution in [0, 0.1) is 5.92 Å². The molecule has 0 aromatic heterocycles. The summed E-state index contributed by atoms with van der Waals surface area (Å²) in [6.07, 6.45) is 6.50. The van der Waals surface area contributed by atoms with E-state index in [9.17, 15) is 0 Å². The number of rotatable bonds is 17. The number of para-hydroxylation sites is 3. The lowest BCUT2D eigenvalue weighted by Crippen LogP contribution is -2.55. The van der Waals surface area contributed by atoms with E-state index in [0.717, 1.165) is 69.0 Å². The van der Waals surface area contributed by atoms with Gasteiger partial charge in [-0.3, -0.25) is 0 Å². The van der Waals surface area contributed by atoms with Crippen molar-refractivity contribution >= 4 is 8.80 Å². The lowest BCUT2D eigenvalue weighted by Gasteiger charge is -2.33. The van der Waals surface area contributed by atoms with Crippen LogP contribution in [-0.2, 0) is 15.9 Å². The van der Waals surface area contributed by atoms with Crippen LogP contribution in [0.2, 0.25) is 6.04 Å². The highest BCUT2D eigenvalue weighted by atomic mass is 28.4. The molecule has 2 unspecified atom stereocenters. The Hall–Kier alpha value is -2.80. The molecule has 0 saturated carbocycles. The molecule has 0 radical (unpaired) electrons. The zero-order valence-corrected chi connectivity index (χ0v) is 23.8. The third kappa shape index (κ3) is 8.35. The normalized spacial score (nSPS) is 15.9. The topological polar surface area (TPSA) is 46.2 Å². The first kappa shape index (κ1) is 28.2. The summed E-state index contributed by atoms with van der Waals surface area (Å²) in [6.45, 7) is 6.63. The molecule has 1 aliphatic rings. The van der Waals surface area contributed by atoms with Gasteiger partial charge in [-0.25, -0.2) is 0 Å². The first-order valence-electron chi connectivity index (χ1n) is 14.2. The number of hydrogen-bond acceptors (Lipinski definition) is 5. The first-order valence-corrected chi connectivity index (χ1v) is 16.1. The molecule has 38 heavy (non-hydrogen) atoms. The minimum absolute atomic E-state index is 0.347. The molecular formula is C32H42O5Si. The average Bonchev–Trinajstić information content (AvgIpc) is 2.92. The van der Waals surface area contributed by atoms with Crippen molar-refractivity contribution in [3.8, 4) is 17.2 Å². The summed E-state index contributed by atoms with van der Waals surface area (Å²) >= 11 is 0. The molecule has 6 heteroatoms. The van der Waals surface area contributed by atoms with Gasteiger partial charge in [0.05, 0.1) is 18.8 Å². The molecule has 1 heterocycles. The van der Waals surface area contributed by atoms with Gasteiger partial charge in [-0.15, -0.1) is 0 Å². The maximum atomic E-state index is 6.87. The summed E-state index contributed by atoms with van der Waals surface area (Å²) in [5.41, 5.74) is 1.18. The van der Waals surface area contributed by atoms with Gasteiger partial charge in [0, 0.05) is 19.1 Å². The molecule has 3 aromatic rings. The van der Waals surface area contributed by atoms with Crippen molar-refractivity contribution in [1.29, 1.82) is 0 Å². The standard InChI is InChI=1S/C32H42O5Si/c1-3-5-15-28-16-12-13-21-32(28)37-38(35-29-17-8-6-9-18-29,36-30-19-10-7-11-20-30)25-14-23-33-26-27(4-2)31-22-24-34-31/h6-13,16-21,27,31H,3-5,14-15,22-26H2,1-2H3. The predicted molar refractivity (Wildman–Crippen MR) is 154 cm³/mol. The third-order valence-electron chi connectivity index (χ3n) is 6.96. The van der Waals surface area contributed by atoms with Crippen molar-refractivity contribution in [3.63, 3.8) is 0 Å². The van der Waals surface area contributed by atoms with Crippen LogP contribution in [0.1, 0.15) is 51.5 Å². The van der Waals surface area contributed by atoms with E-state index < -0.39 is 8.80 Å². The van der Waals surface area contributed by atoms with Crippen molar-refractivity contribution in [2.75, 3.05) is 19.8 Å². The molecule has 1 aliphatic heterocycles. The third-order valence-corrected chi connectivity index (χ3v) is 9.55. The number of aryl methyl sites for hydroxylation is 1. The Morgan fingerprint density at radius 2 is 1.45 bits per heavy atom. The summed E-state index contributed by atoms with van der Waals surface area (Å²) in [5.74, 6) is 2.78. The summed E-state index contributed by atoms with van der Waals surface area (Å²) in [6, 6.07) is 28.6. The van der Waals surface area contributed by atoms with E-state index >= 15 is 0 Å². The SMILES string of the molecule is CCCCc1ccccc1O[Si](CCCOCC(CC)C1CCO1)(Oc1ccccc1)Oc1ccccc1. The molecule has 0 aliphatic carbocycles. The van der Waals surface area contributed by atoms with Crippen molar-refractivity contribution < 1.29 is 22.8 Å². The number of unbranched alkanes of at least 4 members (excludes halogenated alkanes) is 1. The van der Waals surface area contributed by atoms with Gasteiger partial charge < -0.3 is 22.8 Å². The minimum atomic E-state index is -3.30. The second kappa shape index (κ2) is 15.0. The highest BCUT2D eigenvalue weighted by Crippen LogP contribution is 2.30. The van der Waals surface area contributed by atoms with Gasteiger partial charge in [-0.1, -0.05) is 74.9 Å². The Bertz CT molecular complexity index is 1020. The van der Waals surface area contributed by atoms with Crippen LogP contribution in [0.25, 0.3) is 0 Å². The monoisotopic (exact) mass is 534 g/mol. The number of hydrogen-bond donors (Lipinski definition) is 0. The molecule has 204 valence electrons.